The molecule has 1 aromatic carbocycles. The number of hydrogen-bond acceptors (Lipinski definition) is 3. The average molecular weight is 355 g/mol. The molecule has 5 nitrogen and oxygen atoms in total. The highest BCUT2D eigenvalue weighted by Gasteiger charge is 2.43. The van der Waals surface area contributed by atoms with E-state index in [0.717, 1.165) is 38.9 Å². The molecular formula is C21H29N3O2. The summed E-state index contributed by atoms with van der Waals surface area (Å²) in [5.74, 6) is 0.276. The zero-order valence-electron chi connectivity index (χ0n) is 15.6. The molecule has 3 aliphatic heterocycles. The van der Waals surface area contributed by atoms with Gasteiger partial charge >= 0.3 is 0 Å². The Hall–Kier alpha value is -1.88. The van der Waals surface area contributed by atoms with Gasteiger partial charge in [0.15, 0.2) is 0 Å². The van der Waals surface area contributed by atoms with Crippen LogP contribution in [0, 0.1) is 5.41 Å². The van der Waals surface area contributed by atoms with Gasteiger partial charge in [-0.2, -0.15) is 0 Å². The van der Waals surface area contributed by atoms with Crippen LogP contribution < -0.4 is 5.32 Å². The summed E-state index contributed by atoms with van der Waals surface area (Å²) in [7, 11) is 0. The van der Waals surface area contributed by atoms with E-state index in [2.05, 4.69) is 17.1 Å². The SMILES string of the molecule is CC1(C(=O)N2CCC3CCC(C2)N3)CCCN(C(=O)c2ccccc2)C1. The number of hydrogen-bond donors (Lipinski definition) is 1. The van der Waals surface area contributed by atoms with Crippen molar-refractivity contribution >= 4 is 11.8 Å². The van der Waals surface area contributed by atoms with Crippen molar-refractivity contribution in [2.24, 2.45) is 5.41 Å². The van der Waals surface area contributed by atoms with Crippen molar-refractivity contribution in [1.82, 2.24) is 15.1 Å². The number of carbonyl (C=O) groups excluding carboxylic acids is 2. The topological polar surface area (TPSA) is 52.7 Å². The van der Waals surface area contributed by atoms with E-state index in [1.165, 1.54) is 12.8 Å². The monoisotopic (exact) mass is 355 g/mol. The van der Waals surface area contributed by atoms with Crippen molar-refractivity contribution in [2.45, 2.75) is 51.1 Å². The van der Waals surface area contributed by atoms with Crippen molar-refractivity contribution in [3.63, 3.8) is 0 Å². The molecule has 5 heteroatoms. The van der Waals surface area contributed by atoms with Gasteiger partial charge in [-0.05, 0) is 51.2 Å². The van der Waals surface area contributed by atoms with Crippen molar-refractivity contribution in [2.75, 3.05) is 26.2 Å². The van der Waals surface area contributed by atoms with Crippen LogP contribution in [-0.4, -0.2) is 59.9 Å². The lowest BCUT2D eigenvalue weighted by Gasteiger charge is -2.42. The second-order valence-corrected chi connectivity index (χ2v) is 8.43. The number of benzene rings is 1. The van der Waals surface area contributed by atoms with Crippen LogP contribution in [0.5, 0.6) is 0 Å². The van der Waals surface area contributed by atoms with Gasteiger partial charge in [0.1, 0.15) is 0 Å². The van der Waals surface area contributed by atoms with Gasteiger partial charge in [-0.25, -0.2) is 0 Å². The Morgan fingerprint density at radius 3 is 2.62 bits per heavy atom. The van der Waals surface area contributed by atoms with Gasteiger partial charge in [0, 0.05) is 43.8 Å². The minimum absolute atomic E-state index is 0.0425. The Balaban J connectivity index is 1.46. The van der Waals surface area contributed by atoms with Crippen LogP contribution in [0.2, 0.25) is 0 Å². The normalized spacial score (nSPS) is 31.6. The second-order valence-electron chi connectivity index (χ2n) is 8.43. The standard InChI is InChI=1S/C21H29N3O2/c1-21(20(26)23-13-10-17-8-9-18(14-23)22-17)11-5-12-24(15-21)19(25)16-6-3-2-4-7-16/h2-4,6-7,17-18,22H,5,8-15H2,1H3. The van der Waals surface area contributed by atoms with E-state index in [1.807, 2.05) is 35.2 Å². The molecule has 3 fully saturated rings. The summed E-state index contributed by atoms with van der Waals surface area (Å²) in [6.45, 7) is 4.98. The first-order valence-corrected chi connectivity index (χ1v) is 9.95. The van der Waals surface area contributed by atoms with Gasteiger partial charge in [-0.1, -0.05) is 18.2 Å². The number of carbonyl (C=O) groups is 2. The van der Waals surface area contributed by atoms with Crippen LogP contribution >= 0.6 is 0 Å². The van der Waals surface area contributed by atoms with Crippen LogP contribution in [0.4, 0.5) is 0 Å². The first-order valence-electron chi connectivity index (χ1n) is 9.95. The largest absolute Gasteiger partial charge is 0.341 e. The van der Waals surface area contributed by atoms with E-state index in [0.29, 0.717) is 24.2 Å². The first-order chi connectivity index (χ1) is 12.5. The lowest BCUT2D eigenvalue weighted by molar-refractivity contribution is -0.144. The molecule has 140 valence electrons. The predicted molar refractivity (Wildman–Crippen MR) is 101 cm³/mol. The van der Waals surface area contributed by atoms with Gasteiger partial charge in [0.05, 0.1) is 5.41 Å². The van der Waals surface area contributed by atoms with Crippen LogP contribution in [0.25, 0.3) is 0 Å². The number of amides is 2. The molecule has 3 atom stereocenters. The minimum Gasteiger partial charge on any atom is -0.341 e. The molecule has 0 aromatic heterocycles. The number of likely N-dealkylation sites (tertiary alicyclic amines) is 2. The highest BCUT2D eigenvalue weighted by Crippen LogP contribution is 2.33. The van der Waals surface area contributed by atoms with E-state index >= 15 is 0 Å². The molecule has 3 heterocycles. The summed E-state index contributed by atoms with van der Waals surface area (Å²) < 4.78 is 0. The lowest BCUT2D eigenvalue weighted by atomic mass is 9.80. The van der Waals surface area contributed by atoms with Crippen molar-refractivity contribution in [3.05, 3.63) is 35.9 Å². The molecule has 3 saturated heterocycles. The number of rotatable bonds is 2. The average Bonchev–Trinajstić information content (AvgIpc) is 3.00. The van der Waals surface area contributed by atoms with E-state index in [-0.39, 0.29) is 11.8 Å². The van der Waals surface area contributed by atoms with E-state index in [9.17, 15) is 9.59 Å². The lowest BCUT2D eigenvalue weighted by Crippen LogP contribution is -2.54. The third-order valence-electron chi connectivity index (χ3n) is 6.33. The molecule has 0 saturated carbocycles. The fourth-order valence-electron chi connectivity index (χ4n) is 4.86. The third-order valence-corrected chi connectivity index (χ3v) is 6.33. The number of nitrogens with one attached hydrogen (secondary N) is 1. The Labute approximate surface area is 155 Å². The molecular weight excluding hydrogens is 326 g/mol. The summed E-state index contributed by atoms with van der Waals surface area (Å²) in [4.78, 5) is 30.1. The molecule has 3 aliphatic rings. The molecule has 1 aromatic rings. The number of nitrogens with zero attached hydrogens (tertiary/aromatic N) is 2. The van der Waals surface area contributed by atoms with Crippen molar-refractivity contribution < 1.29 is 9.59 Å². The minimum atomic E-state index is -0.466. The highest BCUT2D eigenvalue weighted by molar-refractivity contribution is 5.95. The third kappa shape index (κ3) is 3.37. The summed E-state index contributed by atoms with van der Waals surface area (Å²) in [6.07, 6.45) is 5.21. The van der Waals surface area contributed by atoms with Gasteiger partial charge in [-0.3, -0.25) is 9.59 Å². The van der Waals surface area contributed by atoms with Gasteiger partial charge in [-0.15, -0.1) is 0 Å². The number of piperidine rings is 1. The van der Waals surface area contributed by atoms with Gasteiger partial charge in [0.2, 0.25) is 5.91 Å². The molecule has 4 rings (SSSR count). The summed E-state index contributed by atoms with van der Waals surface area (Å²) in [5, 5.41) is 3.64. The quantitative estimate of drug-likeness (QED) is 0.886. The van der Waals surface area contributed by atoms with Crippen molar-refractivity contribution in [1.29, 1.82) is 0 Å². The van der Waals surface area contributed by atoms with Crippen LogP contribution in [-0.2, 0) is 4.79 Å². The molecule has 2 bridgehead atoms. The maximum absolute atomic E-state index is 13.4. The van der Waals surface area contributed by atoms with Gasteiger partial charge < -0.3 is 15.1 Å². The van der Waals surface area contributed by atoms with Gasteiger partial charge in [0.25, 0.3) is 5.91 Å². The maximum atomic E-state index is 13.4. The highest BCUT2D eigenvalue weighted by atomic mass is 16.2. The summed E-state index contributed by atoms with van der Waals surface area (Å²) >= 11 is 0. The van der Waals surface area contributed by atoms with Crippen molar-refractivity contribution in [3.8, 4) is 0 Å². The fraction of sp³-hybridized carbons (Fsp3) is 0.619. The maximum Gasteiger partial charge on any atom is 0.253 e. The van der Waals surface area contributed by atoms with E-state index in [4.69, 9.17) is 0 Å². The molecule has 2 amide bonds. The van der Waals surface area contributed by atoms with E-state index in [1.54, 1.807) is 0 Å². The molecule has 0 spiro atoms. The first kappa shape index (κ1) is 17.5. The predicted octanol–water partition coefficient (Wildman–Crippen LogP) is 2.28. The zero-order chi connectivity index (χ0) is 18.1. The Morgan fingerprint density at radius 2 is 1.81 bits per heavy atom. The van der Waals surface area contributed by atoms with Crippen LogP contribution in [0.3, 0.4) is 0 Å². The number of fused-ring (bicyclic) bond motifs is 2. The molecule has 0 aliphatic carbocycles. The smallest absolute Gasteiger partial charge is 0.253 e. The van der Waals surface area contributed by atoms with E-state index < -0.39 is 5.41 Å². The molecule has 0 radical (unpaired) electrons. The van der Waals surface area contributed by atoms with Crippen LogP contribution in [0.15, 0.2) is 30.3 Å². The molecule has 26 heavy (non-hydrogen) atoms. The van der Waals surface area contributed by atoms with Crippen LogP contribution in [0.1, 0.15) is 49.4 Å². The zero-order valence-corrected chi connectivity index (χ0v) is 15.6. The summed E-state index contributed by atoms with van der Waals surface area (Å²) in [6, 6.07) is 10.4. The second kappa shape index (κ2) is 7.03. The Kier molecular flexibility index (Phi) is 4.74. The Bertz CT molecular complexity index is 677. The fourth-order valence-corrected chi connectivity index (χ4v) is 4.86. The Morgan fingerprint density at radius 1 is 1.04 bits per heavy atom. The molecule has 1 N–H and O–H groups in total. The summed E-state index contributed by atoms with van der Waals surface area (Å²) in [5.41, 5.74) is 0.243. The molecule has 3 unspecified atom stereocenters.